The van der Waals surface area contributed by atoms with Crippen LogP contribution in [0.15, 0.2) is 206 Å². The second kappa shape index (κ2) is 13.8. The van der Waals surface area contributed by atoms with E-state index in [4.69, 9.17) is 9.97 Å². The minimum absolute atomic E-state index is 0.699. The molecule has 0 amide bonds. The van der Waals surface area contributed by atoms with Gasteiger partial charge in [-0.25, -0.2) is 9.97 Å². The maximum atomic E-state index is 5.32. The molecule has 266 valence electrons. The Morgan fingerprint density at radius 2 is 0.772 bits per heavy atom. The second-order valence-electron chi connectivity index (χ2n) is 14.6. The topological polar surface area (TPSA) is 25.8 Å². The van der Waals surface area contributed by atoms with E-state index < -0.39 is 0 Å². The quantitative estimate of drug-likeness (QED) is 0.159. The molecule has 2 heterocycles. The highest BCUT2D eigenvalue weighted by atomic mass is 32.1. The zero-order chi connectivity index (χ0) is 37.7. The number of hydrogen-bond acceptors (Lipinski definition) is 3. The van der Waals surface area contributed by atoms with Gasteiger partial charge in [-0.1, -0.05) is 152 Å². The van der Waals surface area contributed by atoms with E-state index in [0.29, 0.717) is 5.82 Å². The lowest BCUT2D eigenvalue weighted by atomic mass is 9.92. The van der Waals surface area contributed by atoms with Crippen LogP contribution in [0.2, 0.25) is 0 Å². The van der Waals surface area contributed by atoms with E-state index in [9.17, 15) is 0 Å². The molecule has 0 aliphatic carbocycles. The van der Waals surface area contributed by atoms with Crippen molar-refractivity contribution in [1.82, 2.24) is 9.97 Å². The van der Waals surface area contributed by atoms with Crippen molar-refractivity contribution in [3.63, 3.8) is 0 Å². The van der Waals surface area contributed by atoms with Gasteiger partial charge in [0.15, 0.2) is 5.82 Å². The van der Waals surface area contributed by atoms with Gasteiger partial charge in [-0.3, -0.25) is 0 Å². The Labute approximate surface area is 335 Å². The third-order valence-electron chi connectivity index (χ3n) is 11.0. The van der Waals surface area contributed by atoms with E-state index in [1.165, 1.54) is 58.4 Å². The first kappa shape index (κ1) is 33.2. The molecular formula is C54H34N2S. The van der Waals surface area contributed by atoms with Gasteiger partial charge in [0.2, 0.25) is 0 Å². The molecule has 2 aromatic heterocycles. The predicted molar refractivity (Wildman–Crippen MR) is 243 cm³/mol. The highest BCUT2D eigenvalue weighted by Crippen LogP contribution is 2.40. The molecule has 0 saturated heterocycles. The molecule has 0 spiro atoms. The molecule has 2 nitrogen and oxygen atoms in total. The monoisotopic (exact) mass is 742 g/mol. The van der Waals surface area contributed by atoms with Crippen LogP contribution in [0.4, 0.5) is 0 Å². The van der Waals surface area contributed by atoms with Gasteiger partial charge < -0.3 is 0 Å². The average Bonchev–Trinajstić information content (AvgIpc) is 3.67. The fourth-order valence-electron chi connectivity index (χ4n) is 8.14. The van der Waals surface area contributed by atoms with Crippen molar-refractivity contribution in [2.24, 2.45) is 0 Å². The number of hydrogen-bond donors (Lipinski definition) is 0. The van der Waals surface area contributed by atoms with Gasteiger partial charge in [0.05, 0.1) is 11.4 Å². The minimum atomic E-state index is 0.699. The van der Waals surface area contributed by atoms with Gasteiger partial charge >= 0.3 is 0 Å². The Hall–Kier alpha value is -7.20. The van der Waals surface area contributed by atoms with Crippen LogP contribution in [0.3, 0.4) is 0 Å². The van der Waals surface area contributed by atoms with Gasteiger partial charge in [-0.2, -0.15) is 0 Å². The molecule has 0 unspecified atom stereocenters. The smallest absolute Gasteiger partial charge is 0.160 e. The highest BCUT2D eigenvalue weighted by Gasteiger charge is 2.16. The molecular weight excluding hydrogens is 709 g/mol. The Kier molecular flexibility index (Phi) is 8.04. The zero-order valence-electron chi connectivity index (χ0n) is 30.9. The first-order chi connectivity index (χ1) is 28.2. The summed E-state index contributed by atoms with van der Waals surface area (Å²) in [4.78, 5) is 10.6. The van der Waals surface area contributed by atoms with Crippen LogP contribution in [-0.4, -0.2) is 9.97 Å². The Bertz CT molecular complexity index is 3290. The lowest BCUT2D eigenvalue weighted by molar-refractivity contribution is 1.18. The summed E-state index contributed by atoms with van der Waals surface area (Å²) < 4.78 is 2.60. The fourth-order valence-corrected chi connectivity index (χ4v) is 9.23. The Morgan fingerprint density at radius 3 is 1.56 bits per heavy atom. The summed E-state index contributed by atoms with van der Waals surface area (Å²) in [6.07, 6.45) is 0. The van der Waals surface area contributed by atoms with E-state index in [1.807, 2.05) is 17.4 Å². The SMILES string of the molecule is c1ccc(-c2cccc(-c3cc(-c4ccc5sc6ccccc6c5c4)cc(-c4cc(-c5ccc6ccc7ccccc7c6c5)nc(-c5ccccc5)n4)c3)c2)cc1. The molecule has 3 heteroatoms. The van der Waals surface area contributed by atoms with Crippen LogP contribution in [0.1, 0.15) is 0 Å². The highest BCUT2D eigenvalue weighted by molar-refractivity contribution is 7.25. The van der Waals surface area contributed by atoms with Crippen molar-refractivity contribution >= 4 is 53.1 Å². The van der Waals surface area contributed by atoms with Crippen molar-refractivity contribution < 1.29 is 0 Å². The molecule has 0 fully saturated rings. The predicted octanol–water partition coefficient (Wildman–Crippen LogP) is 15.2. The third-order valence-corrected chi connectivity index (χ3v) is 12.2. The van der Waals surface area contributed by atoms with Crippen molar-refractivity contribution in [3.05, 3.63) is 206 Å². The summed E-state index contributed by atoms with van der Waals surface area (Å²) in [7, 11) is 0. The van der Waals surface area contributed by atoms with Crippen LogP contribution < -0.4 is 0 Å². The van der Waals surface area contributed by atoms with Gasteiger partial charge in [0.1, 0.15) is 0 Å². The zero-order valence-corrected chi connectivity index (χ0v) is 31.7. The van der Waals surface area contributed by atoms with Crippen LogP contribution in [0.25, 0.3) is 109 Å². The Balaban J connectivity index is 1.13. The number of aromatic nitrogens is 2. The lowest BCUT2D eigenvalue weighted by Crippen LogP contribution is -1.97. The van der Waals surface area contributed by atoms with Crippen LogP contribution in [-0.2, 0) is 0 Å². The molecule has 0 aliphatic rings. The largest absolute Gasteiger partial charge is 0.228 e. The fraction of sp³-hybridized carbons (Fsp3) is 0. The molecule has 11 aromatic rings. The normalized spacial score (nSPS) is 11.5. The van der Waals surface area contributed by atoms with Crippen molar-refractivity contribution in [1.29, 1.82) is 0 Å². The standard InChI is InChI=1S/C54H34N2S/c1-3-12-35(13-4-1)39-17-11-18-40(28-39)43-29-44(41-26-27-53-49(32-41)47-20-9-10-21-52(47)57-53)31-45(30-43)51-34-50(55-54(56-51)38-15-5-2-6-16-38)42-25-24-37-23-22-36-14-7-8-19-46(36)48(37)33-42/h1-34H. The average molecular weight is 743 g/mol. The summed E-state index contributed by atoms with van der Waals surface area (Å²) in [5.74, 6) is 0.699. The summed E-state index contributed by atoms with van der Waals surface area (Å²) in [6, 6.07) is 74.2. The maximum Gasteiger partial charge on any atom is 0.160 e. The number of fused-ring (bicyclic) bond motifs is 6. The molecule has 0 N–H and O–H groups in total. The number of benzene rings is 9. The van der Waals surface area contributed by atoms with E-state index >= 15 is 0 Å². The molecule has 0 radical (unpaired) electrons. The third kappa shape index (κ3) is 6.15. The van der Waals surface area contributed by atoms with Crippen LogP contribution >= 0.6 is 11.3 Å². The molecule has 0 saturated carbocycles. The summed E-state index contributed by atoms with van der Waals surface area (Å²) in [5, 5.41) is 7.46. The maximum absolute atomic E-state index is 5.32. The Morgan fingerprint density at radius 1 is 0.263 bits per heavy atom. The summed E-state index contributed by atoms with van der Waals surface area (Å²) in [5.41, 5.74) is 11.8. The molecule has 0 aliphatic heterocycles. The lowest BCUT2D eigenvalue weighted by Gasteiger charge is -2.14. The summed E-state index contributed by atoms with van der Waals surface area (Å²) in [6.45, 7) is 0. The van der Waals surface area contributed by atoms with Gasteiger partial charge in [0, 0.05) is 36.9 Å². The van der Waals surface area contributed by atoms with Gasteiger partial charge in [-0.05, 0) is 110 Å². The van der Waals surface area contributed by atoms with Crippen molar-refractivity contribution in [3.8, 4) is 67.3 Å². The van der Waals surface area contributed by atoms with E-state index in [2.05, 4.69) is 200 Å². The van der Waals surface area contributed by atoms with E-state index in [1.54, 1.807) is 0 Å². The molecule has 0 atom stereocenters. The van der Waals surface area contributed by atoms with E-state index in [-0.39, 0.29) is 0 Å². The van der Waals surface area contributed by atoms with Gasteiger partial charge in [-0.15, -0.1) is 11.3 Å². The molecule has 0 bridgehead atoms. The van der Waals surface area contributed by atoms with Crippen molar-refractivity contribution in [2.75, 3.05) is 0 Å². The first-order valence-electron chi connectivity index (χ1n) is 19.3. The minimum Gasteiger partial charge on any atom is -0.228 e. The molecule has 57 heavy (non-hydrogen) atoms. The number of thiophene rings is 1. The molecule has 9 aromatic carbocycles. The number of rotatable bonds is 6. The van der Waals surface area contributed by atoms with Crippen molar-refractivity contribution in [2.45, 2.75) is 0 Å². The molecule has 11 rings (SSSR count). The second-order valence-corrected chi connectivity index (χ2v) is 15.7. The van der Waals surface area contributed by atoms with Crippen LogP contribution in [0.5, 0.6) is 0 Å². The van der Waals surface area contributed by atoms with Gasteiger partial charge in [0.25, 0.3) is 0 Å². The number of nitrogens with zero attached hydrogens (tertiary/aromatic N) is 2. The first-order valence-corrected chi connectivity index (χ1v) is 20.1. The van der Waals surface area contributed by atoms with E-state index in [0.717, 1.165) is 44.8 Å². The summed E-state index contributed by atoms with van der Waals surface area (Å²) >= 11 is 1.85. The van der Waals surface area contributed by atoms with Crippen LogP contribution in [0, 0.1) is 0 Å².